The molecule has 0 bridgehead atoms. The van der Waals surface area contributed by atoms with Crippen LogP contribution in [0.4, 0.5) is 0 Å². The monoisotopic (exact) mass is 216 g/mol. The van der Waals surface area contributed by atoms with E-state index in [4.69, 9.17) is 5.41 Å². The highest BCUT2D eigenvalue weighted by Gasteiger charge is 2.05. The minimum absolute atomic E-state index is 0.514. The molecule has 2 N–H and O–H groups in total. The Morgan fingerprint density at radius 2 is 2.40 bits per heavy atom. The first-order chi connectivity index (χ1) is 7.36. The van der Waals surface area contributed by atoms with Crippen molar-refractivity contribution in [2.24, 2.45) is 0 Å². The number of nitrogens with zero attached hydrogens (tertiary/aromatic N) is 2. The first-order valence-electron chi connectivity index (χ1n) is 4.49. The van der Waals surface area contributed by atoms with Crippen LogP contribution < -0.4 is 4.80 Å². The predicted molar refractivity (Wildman–Crippen MR) is 59.2 cm³/mol. The van der Waals surface area contributed by atoms with Gasteiger partial charge in [0.15, 0.2) is 4.80 Å². The maximum absolute atomic E-state index is 7.75. The summed E-state index contributed by atoms with van der Waals surface area (Å²) in [6.45, 7) is 0. The summed E-state index contributed by atoms with van der Waals surface area (Å²) < 4.78 is 1.84. The van der Waals surface area contributed by atoms with Gasteiger partial charge >= 0.3 is 0 Å². The Kier molecular flexibility index (Phi) is 1.72. The van der Waals surface area contributed by atoms with Crippen LogP contribution in [0.2, 0.25) is 0 Å². The molecule has 0 saturated heterocycles. The van der Waals surface area contributed by atoms with Crippen LogP contribution in [0, 0.1) is 5.41 Å². The second-order valence-electron chi connectivity index (χ2n) is 3.15. The third-order valence-corrected chi connectivity index (χ3v) is 2.97. The summed E-state index contributed by atoms with van der Waals surface area (Å²) in [5.74, 6) is 0. The number of aromatic amines is 1. The second kappa shape index (κ2) is 3.06. The molecule has 0 aliphatic rings. The molecule has 0 aliphatic heterocycles. The van der Waals surface area contributed by atoms with E-state index in [9.17, 15) is 0 Å². The van der Waals surface area contributed by atoms with E-state index in [0.717, 1.165) is 16.7 Å². The molecule has 15 heavy (non-hydrogen) atoms. The van der Waals surface area contributed by atoms with E-state index in [0.29, 0.717) is 4.80 Å². The summed E-state index contributed by atoms with van der Waals surface area (Å²) >= 11 is 1.41. The summed E-state index contributed by atoms with van der Waals surface area (Å²) in [6.07, 6.45) is 5.52. The maximum Gasteiger partial charge on any atom is 0.186 e. The van der Waals surface area contributed by atoms with Crippen LogP contribution in [-0.4, -0.2) is 14.5 Å². The topological polar surface area (TPSA) is 57.5 Å². The van der Waals surface area contributed by atoms with Crippen LogP contribution in [0.3, 0.4) is 0 Å². The van der Waals surface area contributed by atoms with Gasteiger partial charge in [0.25, 0.3) is 0 Å². The molecule has 0 amide bonds. The fourth-order valence-corrected chi connectivity index (χ4v) is 2.19. The number of thiazole rings is 1. The second-order valence-corrected chi connectivity index (χ2v) is 4.05. The lowest BCUT2D eigenvalue weighted by atomic mass is 10.3. The first kappa shape index (κ1) is 8.43. The zero-order chi connectivity index (χ0) is 10.3. The molecule has 74 valence electrons. The lowest BCUT2D eigenvalue weighted by Crippen LogP contribution is -2.08. The SMILES string of the molecule is N=c1sccn1-c1c[nH]c2ncccc12. The van der Waals surface area contributed by atoms with Crippen molar-refractivity contribution >= 4 is 22.4 Å². The summed E-state index contributed by atoms with van der Waals surface area (Å²) in [5, 5.41) is 10.7. The van der Waals surface area contributed by atoms with Gasteiger partial charge in [0.1, 0.15) is 5.65 Å². The number of nitrogens with one attached hydrogen (secondary N) is 2. The number of H-pyrrole nitrogens is 1. The fourth-order valence-electron chi connectivity index (χ4n) is 1.61. The molecule has 0 atom stereocenters. The highest BCUT2D eigenvalue weighted by Crippen LogP contribution is 2.18. The lowest BCUT2D eigenvalue weighted by Gasteiger charge is -1.98. The standard InChI is InChI=1S/C10H8N4S/c11-10-14(4-5-15-10)8-6-13-9-7(8)2-1-3-12-9/h1-6,11H,(H,12,13). The molecular formula is C10H8N4S. The van der Waals surface area contributed by atoms with Gasteiger partial charge in [-0.3, -0.25) is 9.98 Å². The molecule has 3 rings (SSSR count). The van der Waals surface area contributed by atoms with Gasteiger partial charge < -0.3 is 4.98 Å². The largest absolute Gasteiger partial charge is 0.344 e. The van der Waals surface area contributed by atoms with Crippen molar-refractivity contribution in [1.29, 1.82) is 5.41 Å². The quantitative estimate of drug-likeness (QED) is 0.641. The molecular weight excluding hydrogens is 208 g/mol. The molecule has 0 aliphatic carbocycles. The van der Waals surface area contributed by atoms with E-state index >= 15 is 0 Å². The van der Waals surface area contributed by atoms with Crippen LogP contribution in [0.5, 0.6) is 0 Å². The molecule has 0 spiro atoms. The van der Waals surface area contributed by atoms with E-state index in [-0.39, 0.29) is 0 Å². The molecule has 0 aromatic carbocycles. The van der Waals surface area contributed by atoms with Crippen molar-refractivity contribution in [2.75, 3.05) is 0 Å². The zero-order valence-electron chi connectivity index (χ0n) is 7.77. The van der Waals surface area contributed by atoms with Crippen molar-refractivity contribution in [3.05, 3.63) is 40.9 Å². The van der Waals surface area contributed by atoms with Gasteiger partial charge in [0.2, 0.25) is 0 Å². The summed E-state index contributed by atoms with van der Waals surface area (Å²) in [6, 6.07) is 3.90. The van der Waals surface area contributed by atoms with E-state index < -0.39 is 0 Å². The van der Waals surface area contributed by atoms with Crippen molar-refractivity contribution in [3.63, 3.8) is 0 Å². The molecule has 0 radical (unpaired) electrons. The fraction of sp³-hybridized carbons (Fsp3) is 0. The lowest BCUT2D eigenvalue weighted by molar-refractivity contribution is 0.987. The van der Waals surface area contributed by atoms with Crippen LogP contribution in [0.15, 0.2) is 36.1 Å². The van der Waals surface area contributed by atoms with Gasteiger partial charge in [-0.25, -0.2) is 4.98 Å². The molecule has 3 heterocycles. The summed E-state index contributed by atoms with van der Waals surface area (Å²) in [7, 11) is 0. The van der Waals surface area contributed by atoms with Gasteiger partial charge in [-0.1, -0.05) is 0 Å². The third kappa shape index (κ3) is 1.20. The third-order valence-electron chi connectivity index (χ3n) is 2.30. The Balaban J connectivity index is 2.37. The van der Waals surface area contributed by atoms with E-state index in [1.165, 1.54) is 11.3 Å². The van der Waals surface area contributed by atoms with Crippen molar-refractivity contribution in [3.8, 4) is 5.69 Å². The number of hydrogen-bond donors (Lipinski definition) is 2. The van der Waals surface area contributed by atoms with E-state index in [1.54, 1.807) is 6.20 Å². The van der Waals surface area contributed by atoms with Crippen LogP contribution in [-0.2, 0) is 0 Å². The predicted octanol–water partition coefficient (Wildman–Crippen LogP) is 1.89. The number of hydrogen-bond acceptors (Lipinski definition) is 3. The molecule has 0 saturated carbocycles. The molecule has 3 aromatic heterocycles. The molecule has 5 heteroatoms. The van der Waals surface area contributed by atoms with Crippen LogP contribution in [0.1, 0.15) is 0 Å². The van der Waals surface area contributed by atoms with Gasteiger partial charge in [0.05, 0.1) is 5.69 Å². The Morgan fingerprint density at radius 1 is 1.47 bits per heavy atom. The summed E-state index contributed by atoms with van der Waals surface area (Å²) in [4.78, 5) is 7.82. The van der Waals surface area contributed by atoms with Gasteiger partial charge in [-0.2, -0.15) is 0 Å². The Bertz CT molecular complexity index is 661. The first-order valence-corrected chi connectivity index (χ1v) is 5.37. The summed E-state index contributed by atoms with van der Waals surface area (Å²) in [5.41, 5.74) is 1.83. The minimum Gasteiger partial charge on any atom is -0.344 e. The highest BCUT2D eigenvalue weighted by molar-refractivity contribution is 7.07. The van der Waals surface area contributed by atoms with Gasteiger partial charge in [-0.05, 0) is 12.1 Å². The molecule has 0 unspecified atom stereocenters. The maximum atomic E-state index is 7.75. The van der Waals surface area contributed by atoms with E-state index in [1.807, 2.05) is 34.5 Å². The Morgan fingerprint density at radius 3 is 3.20 bits per heavy atom. The van der Waals surface area contributed by atoms with Gasteiger partial charge in [0, 0.05) is 29.4 Å². The minimum atomic E-state index is 0.514. The molecule has 3 aromatic rings. The zero-order valence-corrected chi connectivity index (χ0v) is 8.58. The highest BCUT2D eigenvalue weighted by atomic mass is 32.1. The van der Waals surface area contributed by atoms with Crippen LogP contribution >= 0.6 is 11.3 Å². The molecule has 0 fully saturated rings. The van der Waals surface area contributed by atoms with Gasteiger partial charge in [-0.15, -0.1) is 11.3 Å². The average Bonchev–Trinajstić information content (AvgIpc) is 2.83. The van der Waals surface area contributed by atoms with Crippen molar-refractivity contribution in [2.45, 2.75) is 0 Å². The normalized spacial score (nSPS) is 10.9. The smallest absolute Gasteiger partial charge is 0.186 e. The molecule has 4 nitrogen and oxygen atoms in total. The van der Waals surface area contributed by atoms with E-state index in [2.05, 4.69) is 9.97 Å². The van der Waals surface area contributed by atoms with Crippen molar-refractivity contribution in [1.82, 2.24) is 14.5 Å². The average molecular weight is 216 g/mol. The number of rotatable bonds is 1. The number of pyridine rings is 1. The van der Waals surface area contributed by atoms with Crippen molar-refractivity contribution < 1.29 is 0 Å². The number of aromatic nitrogens is 3. The Labute approximate surface area is 89.4 Å². The van der Waals surface area contributed by atoms with Crippen LogP contribution in [0.25, 0.3) is 16.7 Å². The number of fused-ring (bicyclic) bond motifs is 1. The Hall–Kier alpha value is -1.88.